The van der Waals surface area contributed by atoms with Gasteiger partial charge in [0.25, 0.3) is 5.91 Å². The lowest BCUT2D eigenvalue weighted by Gasteiger charge is -2.32. The summed E-state index contributed by atoms with van der Waals surface area (Å²) in [4.78, 5) is 25.5. The third-order valence-electron chi connectivity index (χ3n) is 4.36. The summed E-state index contributed by atoms with van der Waals surface area (Å²) in [6.07, 6.45) is 2.16. The predicted octanol–water partition coefficient (Wildman–Crippen LogP) is 2.20. The number of carbonyl (C=O) groups excluding carboxylic acids is 2. The molecule has 1 aromatic carbocycles. The fraction of sp³-hybridized carbons (Fsp3) is 0.556. The second-order valence-corrected chi connectivity index (χ2v) is 6.11. The van der Waals surface area contributed by atoms with Crippen molar-refractivity contribution in [1.82, 2.24) is 10.2 Å². The van der Waals surface area contributed by atoms with Crippen molar-refractivity contribution in [1.29, 1.82) is 0 Å². The number of nitrogens with one attached hydrogen (secondary N) is 1. The summed E-state index contributed by atoms with van der Waals surface area (Å²) < 4.78 is 5.55. The molecule has 0 aromatic heterocycles. The first-order valence-corrected chi connectivity index (χ1v) is 8.26. The summed E-state index contributed by atoms with van der Waals surface area (Å²) in [6, 6.07) is 5.94. The molecule has 1 aliphatic rings. The zero-order valence-corrected chi connectivity index (χ0v) is 14.2. The van der Waals surface area contributed by atoms with E-state index < -0.39 is 0 Å². The number of rotatable bonds is 5. The number of piperidine rings is 1. The Balaban J connectivity index is 1.73. The van der Waals surface area contributed by atoms with E-state index in [-0.39, 0.29) is 24.5 Å². The van der Waals surface area contributed by atoms with Crippen molar-refractivity contribution in [2.24, 2.45) is 0 Å². The third kappa shape index (κ3) is 4.98. The minimum Gasteiger partial charge on any atom is -0.484 e. The Kier molecular flexibility index (Phi) is 6.02. The Morgan fingerprint density at radius 3 is 2.52 bits per heavy atom. The van der Waals surface area contributed by atoms with E-state index in [0.717, 1.165) is 31.5 Å². The summed E-state index contributed by atoms with van der Waals surface area (Å²) >= 11 is 0. The van der Waals surface area contributed by atoms with Crippen molar-refractivity contribution in [3.05, 3.63) is 29.3 Å². The first-order chi connectivity index (χ1) is 11.0. The average Bonchev–Trinajstić information content (AvgIpc) is 2.56. The minimum absolute atomic E-state index is 0.0244. The van der Waals surface area contributed by atoms with Crippen molar-refractivity contribution >= 4 is 11.8 Å². The van der Waals surface area contributed by atoms with E-state index in [4.69, 9.17) is 4.74 Å². The van der Waals surface area contributed by atoms with Gasteiger partial charge in [-0.2, -0.15) is 0 Å². The molecule has 1 fully saturated rings. The van der Waals surface area contributed by atoms with Crippen LogP contribution in [0.5, 0.6) is 5.75 Å². The molecule has 0 aliphatic carbocycles. The SMILES string of the molecule is CCC(=O)N1CCC(NC(=O)COc2ccc(C)c(C)c2)CC1. The van der Waals surface area contributed by atoms with E-state index in [1.165, 1.54) is 5.56 Å². The highest BCUT2D eigenvalue weighted by molar-refractivity contribution is 5.78. The molecule has 2 amide bonds. The molecule has 0 spiro atoms. The van der Waals surface area contributed by atoms with Crippen LogP contribution in [0, 0.1) is 13.8 Å². The molecule has 0 saturated carbocycles. The van der Waals surface area contributed by atoms with Crippen LogP contribution in [0.2, 0.25) is 0 Å². The van der Waals surface area contributed by atoms with Crippen LogP contribution in [-0.4, -0.2) is 42.5 Å². The van der Waals surface area contributed by atoms with Gasteiger partial charge in [-0.1, -0.05) is 13.0 Å². The molecule has 5 heteroatoms. The fourth-order valence-corrected chi connectivity index (χ4v) is 2.72. The lowest BCUT2D eigenvalue weighted by Crippen LogP contribution is -2.47. The normalized spacial score (nSPS) is 15.3. The summed E-state index contributed by atoms with van der Waals surface area (Å²) in [5.41, 5.74) is 2.35. The highest BCUT2D eigenvalue weighted by atomic mass is 16.5. The Hall–Kier alpha value is -2.04. The Morgan fingerprint density at radius 1 is 1.22 bits per heavy atom. The minimum atomic E-state index is -0.108. The van der Waals surface area contributed by atoms with E-state index in [2.05, 4.69) is 5.32 Å². The van der Waals surface area contributed by atoms with E-state index >= 15 is 0 Å². The number of ether oxygens (including phenoxy) is 1. The highest BCUT2D eigenvalue weighted by Crippen LogP contribution is 2.16. The fourth-order valence-electron chi connectivity index (χ4n) is 2.72. The zero-order chi connectivity index (χ0) is 16.8. The van der Waals surface area contributed by atoms with Crippen molar-refractivity contribution < 1.29 is 14.3 Å². The number of likely N-dealkylation sites (tertiary alicyclic amines) is 1. The molecule has 1 heterocycles. The first kappa shape index (κ1) is 17.3. The molecule has 0 unspecified atom stereocenters. The van der Waals surface area contributed by atoms with Crippen LogP contribution in [0.15, 0.2) is 18.2 Å². The van der Waals surface area contributed by atoms with Crippen LogP contribution >= 0.6 is 0 Å². The number of aryl methyl sites for hydroxylation is 2. The number of carbonyl (C=O) groups is 2. The molecule has 23 heavy (non-hydrogen) atoms. The van der Waals surface area contributed by atoms with Crippen molar-refractivity contribution in [3.63, 3.8) is 0 Å². The Labute approximate surface area is 138 Å². The first-order valence-electron chi connectivity index (χ1n) is 8.26. The van der Waals surface area contributed by atoms with Crippen LogP contribution < -0.4 is 10.1 Å². The van der Waals surface area contributed by atoms with Crippen LogP contribution in [0.3, 0.4) is 0 Å². The van der Waals surface area contributed by atoms with Gasteiger partial charge in [0, 0.05) is 25.6 Å². The van der Waals surface area contributed by atoms with E-state index in [9.17, 15) is 9.59 Å². The standard InChI is InChI=1S/C18H26N2O3/c1-4-18(22)20-9-7-15(8-10-20)19-17(21)12-23-16-6-5-13(2)14(3)11-16/h5-6,11,15H,4,7-10,12H2,1-3H3,(H,19,21). The monoisotopic (exact) mass is 318 g/mol. The van der Waals surface area contributed by atoms with Crippen LogP contribution in [0.4, 0.5) is 0 Å². The molecule has 126 valence electrons. The van der Waals surface area contributed by atoms with Gasteiger partial charge >= 0.3 is 0 Å². The molecular weight excluding hydrogens is 292 g/mol. The average molecular weight is 318 g/mol. The number of hydrogen-bond donors (Lipinski definition) is 1. The van der Waals surface area contributed by atoms with Gasteiger partial charge in [-0.15, -0.1) is 0 Å². The summed E-state index contributed by atoms with van der Waals surface area (Å²) in [5, 5.41) is 2.99. The topological polar surface area (TPSA) is 58.6 Å². The predicted molar refractivity (Wildman–Crippen MR) is 89.4 cm³/mol. The van der Waals surface area contributed by atoms with Gasteiger partial charge < -0.3 is 15.0 Å². The highest BCUT2D eigenvalue weighted by Gasteiger charge is 2.22. The van der Waals surface area contributed by atoms with Crippen LogP contribution in [0.1, 0.15) is 37.3 Å². The smallest absolute Gasteiger partial charge is 0.258 e. The largest absolute Gasteiger partial charge is 0.484 e. The van der Waals surface area contributed by atoms with Crippen LogP contribution in [-0.2, 0) is 9.59 Å². The summed E-state index contributed by atoms with van der Waals surface area (Å²) in [5.74, 6) is 0.794. The molecular formula is C18H26N2O3. The lowest BCUT2D eigenvalue weighted by atomic mass is 10.0. The molecule has 0 bridgehead atoms. The van der Waals surface area contributed by atoms with E-state index in [0.29, 0.717) is 12.2 Å². The molecule has 0 radical (unpaired) electrons. The maximum absolute atomic E-state index is 12.0. The number of benzene rings is 1. The molecule has 1 saturated heterocycles. The molecule has 1 N–H and O–H groups in total. The molecule has 0 atom stereocenters. The number of hydrogen-bond acceptors (Lipinski definition) is 3. The molecule has 5 nitrogen and oxygen atoms in total. The van der Waals surface area contributed by atoms with Crippen molar-refractivity contribution in [2.45, 2.75) is 46.1 Å². The maximum atomic E-state index is 12.0. The zero-order valence-electron chi connectivity index (χ0n) is 14.2. The molecule has 2 rings (SSSR count). The third-order valence-corrected chi connectivity index (χ3v) is 4.36. The lowest BCUT2D eigenvalue weighted by molar-refractivity contribution is -0.132. The van der Waals surface area contributed by atoms with Crippen molar-refractivity contribution in [3.8, 4) is 5.75 Å². The summed E-state index contributed by atoms with van der Waals surface area (Å²) in [7, 11) is 0. The molecule has 1 aliphatic heterocycles. The number of nitrogens with zero attached hydrogens (tertiary/aromatic N) is 1. The van der Waals surface area contributed by atoms with E-state index in [1.807, 2.05) is 43.9 Å². The van der Waals surface area contributed by atoms with Gasteiger partial charge in [0.15, 0.2) is 6.61 Å². The van der Waals surface area contributed by atoms with Crippen molar-refractivity contribution in [2.75, 3.05) is 19.7 Å². The van der Waals surface area contributed by atoms with E-state index in [1.54, 1.807) is 0 Å². The maximum Gasteiger partial charge on any atom is 0.258 e. The Morgan fingerprint density at radius 2 is 1.91 bits per heavy atom. The van der Waals surface area contributed by atoms with Gasteiger partial charge in [0.1, 0.15) is 5.75 Å². The van der Waals surface area contributed by atoms with Gasteiger partial charge in [-0.3, -0.25) is 9.59 Å². The quantitative estimate of drug-likeness (QED) is 0.905. The second-order valence-electron chi connectivity index (χ2n) is 6.11. The van der Waals surface area contributed by atoms with Gasteiger partial charge in [0.05, 0.1) is 0 Å². The van der Waals surface area contributed by atoms with Gasteiger partial charge in [0.2, 0.25) is 5.91 Å². The van der Waals surface area contributed by atoms with Gasteiger partial charge in [-0.25, -0.2) is 0 Å². The molecule has 1 aromatic rings. The number of amides is 2. The second kappa shape index (κ2) is 7.99. The van der Waals surface area contributed by atoms with Crippen LogP contribution in [0.25, 0.3) is 0 Å². The van der Waals surface area contributed by atoms with Gasteiger partial charge in [-0.05, 0) is 49.9 Å². The summed E-state index contributed by atoms with van der Waals surface area (Å²) in [6.45, 7) is 7.40. The Bertz CT molecular complexity index is 563.